The van der Waals surface area contributed by atoms with E-state index in [2.05, 4.69) is 37.2 Å². The maximum absolute atomic E-state index is 12.7. The van der Waals surface area contributed by atoms with Gasteiger partial charge in [-0.3, -0.25) is 5.32 Å². The predicted molar refractivity (Wildman–Crippen MR) is 128 cm³/mol. The Balaban J connectivity index is 1.15. The van der Waals surface area contributed by atoms with Crippen molar-refractivity contribution in [3.63, 3.8) is 0 Å². The molecule has 1 aliphatic heterocycles. The van der Waals surface area contributed by atoms with E-state index >= 15 is 0 Å². The first kappa shape index (κ1) is 21.5. The number of rotatable bonds is 4. The lowest BCUT2D eigenvalue weighted by molar-refractivity contribution is 0.0786. The summed E-state index contributed by atoms with van der Waals surface area (Å²) in [5.41, 5.74) is 1.23. The molecule has 174 valence electrons. The number of H-pyrrole nitrogens is 1. The third-order valence-corrected chi connectivity index (χ3v) is 7.51. The van der Waals surface area contributed by atoms with E-state index in [4.69, 9.17) is 4.74 Å². The van der Waals surface area contributed by atoms with Gasteiger partial charge in [0.2, 0.25) is 5.88 Å². The zero-order valence-corrected chi connectivity index (χ0v) is 19.3. The molecule has 2 amide bonds. The standard InChI is InChI=1S/C24H31N7O2/c1-30(22-18-8-13-25-21(18)26-16-27-22)17-6-9-24(10-7-17)11-14-31(15-12-24)23(32)29-19-4-3-5-20(28-19)33-2/h3-5,8,13,16-17H,6-7,9-12,14-15H2,1-2H3,(H,25,26,27)(H,28,29,32). The average Bonchev–Trinajstić information content (AvgIpc) is 3.34. The maximum Gasteiger partial charge on any atom is 0.323 e. The molecule has 0 unspecified atom stereocenters. The molecule has 1 saturated carbocycles. The van der Waals surface area contributed by atoms with Crippen LogP contribution in [0.1, 0.15) is 38.5 Å². The van der Waals surface area contributed by atoms with Crippen LogP contribution in [0.4, 0.5) is 16.4 Å². The van der Waals surface area contributed by atoms with E-state index in [1.165, 1.54) is 12.8 Å². The largest absolute Gasteiger partial charge is 0.481 e. The summed E-state index contributed by atoms with van der Waals surface area (Å²) in [5, 5.41) is 3.98. The number of piperidine rings is 1. The molecule has 1 spiro atoms. The highest BCUT2D eigenvalue weighted by Crippen LogP contribution is 2.46. The summed E-state index contributed by atoms with van der Waals surface area (Å²) in [6.07, 6.45) is 10.3. The number of methoxy groups -OCH3 is 1. The number of fused-ring (bicyclic) bond motifs is 1. The zero-order valence-electron chi connectivity index (χ0n) is 19.3. The molecule has 9 heteroatoms. The van der Waals surface area contributed by atoms with Gasteiger partial charge in [-0.2, -0.15) is 4.98 Å². The summed E-state index contributed by atoms with van der Waals surface area (Å²) >= 11 is 0. The Hall–Kier alpha value is -3.36. The number of aromatic nitrogens is 4. The van der Waals surface area contributed by atoms with E-state index in [0.717, 1.165) is 55.6 Å². The second-order valence-corrected chi connectivity index (χ2v) is 9.26. The van der Waals surface area contributed by atoms with E-state index in [9.17, 15) is 4.79 Å². The van der Waals surface area contributed by atoms with Gasteiger partial charge in [-0.15, -0.1) is 0 Å². The van der Waals surface area contributed by atoms with Gasteiger partial charge in [-0.1, -0.05) is 6.07 Å². The normalized spacial score (nSPS) is 18.4. The van der Waals surface area contributed by atoms with Gasteiger partial charge in [-0.25, -0.2) is 14.8 Å². The number of aromatic amines is 1. The molecule has 3 aromatic heterocycles. The predicted octanol–water partition coefficient (Wildman–Crippen LogP) is 4.05. The Bertz CT molecular complexity index is 1110. The van der Waals surface area contributed by atoms with Crippen LogP contribution in [0, 0.1) is 5.41 Å². The first-order valence-electron chi connectivity index (χ1n) is 11.6. The highest BCUT2D eigenvalue weighted by molar-refractivity contribution is 5.88. The molecular formula is C24H31N7O2. The van der Waals surface area contributed by atoms with Gasteiger partial charge >= 0.3 is 6.03 Å². The van der Waals surface area contributed by atoms with Crippen LogP contribution in [0.3, 0.4) is 0 Å². The van der Waals surface area contributed by atoms with E-state index in [0.29, 0.717) is 23.2 Å². The summed E-state index contributed by atoms with van der Waals surface area (Å²) in [7, 11) is 3.72. The van der Waals surface area contributed by atoms with Crippen LogP contribution in [-0.4, -0.2) is 64.2 Å². The Morgan fingerprint density at radius 1 is 1.18 bits per heavy atom. The lowest BCUT2D eigenvalue weighted by atomic mass is 9.67. The van der Waals surface area contributed by atoms with Gasteiger partial charge in [0.05, 0.1) is 12.5 Å². The quantitative estimate of drug-likeness (QED) is 0.623. The van der Waals surface area contributed by atoms with Crippen molar-refractivity contribution in [3.05, 3.63) is 36.8 Å². The van der Waals surface area contributed by atoms with Crippen LogP contribution in [-0.2, 0) is 0 Å². The first-order chi connectivity index (χ1) is 16.1. The molecule has 0 aromatic carbocycles. The van der Waals surface area contributed by atoms with E-state index < -0.39 is 0 Å². The van der Waals surface area contributed by atoms with E-state index in [1.807, 2.05) is 23.2 Å². The minimum atomic E-state index is -0.0849. The zero-order chi connectivity index (χ0) is 22.8. The second-order valence-electron chi connectivity index (χ2n) is 9.26. The Morgan fingerprint density at radius 2 is 1.97 bits per heavy atom. The highest BCUT2D eigenvalue weighted by atomic mass is 16.5. The Morgan fingerprint density at radius 3 is 2.73 bits per heavy atom. The third kappa shape index (κ3) is 4.31. The number of urea groups is 1. The first-order valence-corrected chi connectivity index (χ1v) is 11.6. The molecule has 9 nitrogen and oxygen atoms in total. The average molecular weight is 450 g/mol. The van der Waals surface area contributed by atoms with Gasteiger partial charge in [0.25, 0.3) is 0 Å². The van der Waals surface area contributed by atoms with Gasteiger partial charge in [0.15, 0.2) is 0 Å². The number of amides is 2. The Kier molecular flexibility index (Phi) is 5.78. The van der Waals surface area contributed by atoms with Crippen molar-refractivity contribution in [2.24, 2.45) is 5.41 Å². The van der Waals surface area contributed by atoms with Crippen LogP contribution in [0.5, 0.6) is 5.88 Å². The number of anilines is 2. The minimum Gasteiger partial charge on any atom is -0.481 e. The smallest absolute Gasteiger partial charge is 0.323 e. The van der Waals surface area contributed by atoms with Crippen molar-refractivity contribution < 1.29 is 9.53 Å². The van der Waals surface area contributed by atoms with Crippen LogP contribution < -0.4 is 15.0 Å². The molecule has 0 atom stereocenters. The molecule has 1 saturated heterocycles. The number of carbonyl (C=O) groups excluding carboxylic acids is 1. The van der Waals surface area contributed by atoms with Crippen molar-refractivity contribution in [1.29, 1.82) is 0 Å². The van der Waals surface area contributed by atoms with E-state index in [-0.39, 0.29) is 6.03 Å². The van der Waals surface area contributed by atoms with Crippen LogP contribution in [0.25, 0.3) is 11.0 Å². The van der Waals surface area contributed by atoms with Crippen molar-refractivity contribution >= 4 is 28.7 Å². The number of ether oxygens (including phenoxy) is 1. The van der Waals surface area contributed by atoms with Crippen LogP contribution in [0.15, 0.2) is 36.8 Å². The van der Waals surface area contributed by atoms with Crippen molar-refractivity contribution in [2.45, 2.75) is 44.6 Å². The van der Waals surface area contributed by atoms with Gasteiger partial charge in [-0.05, 0) is 56.1 Å². The summed E-state index contributed by atoms with van der Waals surface area (Å²) in [6.45, 7) is 1.57. The van der Waals surface area contributed by atoms with Gasteiger partial charge < -0.3 is 19.5 Å². The number of hydrogen-bond acceptors (Lipinski definition) is 6. The van der Waals surface area contributed by atoms with Gasteiger partial charge in [0.1, 0.15) is 23.6 Å². The highest BCUT2D eigenvalue weighted by Gasteiger charge is 2.40. The number of carbonyl (C=O) groups is 1. The fourth-order valence-electron chi connectivity index (χ4n) is 5.39. The molecule has 5 rings (SSSR count). The molecule has 0 bridgehead atoms. The molecule has 33 heavy (non-hydrogen) atoms. The number of nitrogens with one attached hydrogen (secondary N) is 2. The molecular weight excluding hydrogens is 418 g/mol. The second kappa shape index (κ2) is 8.88. The maximum atomic E-state index is 12.7. The fraction of sp³-hybridized carbons (Fsp3) is 0.500. The van der Waals surface area contributed by atoms with Crippen molar-refractivity contribution in [2.75, 3.05) is 37.5 Å². The molecule has 3 aromatic rings. The lowest BCUT2D eigenvalue weighted by Gasteiger charge is -2.47. The third-order valence-electron chi connectivity index (χ3n) is 7.51. The SMILES string of the molecule is COc1cccc(NC(=O)N2CCC3(CCC(N(C)c4ncnc5[nH]ccc45)CC3)CC2)n1. The monoisotopic (exact) mass is 449 g/mol. The molecule has 2 aliphatic rings. The topological polar surface area (TPSA) is 99.3 Å². The Labute approximate surface area is 193 Å². The number of pyridine rings is 1. The molecule has 2 fully saturated rings. The van der Waals surface area contributed by atoms with Crippen LogP contribution >= 0.6 is 0 Å². The lowest BCUT2D eigenvalue weighted by Crippen LogP contribution is -2.48. The minimum absolute atomic E-state index is 0.0849. The summed E-state index contributed by atoms with van der Waals surface area (Å²) in [5.74, 6) is 2.01. The summed E-state index contributed by atoms with van der Waals surface area (Å²) in [4.78, 5) is 33.3. The van der Waals surface area contributed by atoms with Crippen molar-refractivity contribution in [1.82, 2.24) is 24.8 Å². The van der Waals surface area contributed by atoms with Crippen molar-refractivity contribution in [3.8, 4) is 5.88 Å². The molecule has 0 radical (unpaired) electrons. The fourth-order valence-corrected chi connectivity index (χ4v) is 5.39. The van der Waals surface area contributed by atoms with Crippen LogP contribution in [0.2, 0.25) is 0 Å². The summed E-state index contributed by atoms with van der Waals surface area (Å²) in [6, 6.07) is 7.81. The summed E-state index contributed by atoms with van der Waals surface area (Å²) < 4.78 is 5.14. The molecule has 4 heterocycles. The number of nitrogens with zero attached hydrogens (tertiary/aromatic N) is 5. The van der Waals surface area contributed by atoms with Gasteiger partial charge in [0, 0.05) is 38.4 Å². The van der Waals surface area contributed by atoms with E-state index in [1.54, 1.807) is 25.6 Å². The molecule has 2 N–H and O–H groups in total. The molecule has 1 aliphatic carbocycles. The number of likely N-dealkylation sites (tertiary alicyclic amines) is 1. The number of hydrogen-bond donors (Lipinski definition) is 2.